The van der Waals surface area contributed by atoms with E-state index in [0.717, 1.165) is 0 Å². The summed E-state index contributed by atoms with van der Waals surface area (Å²) in [5.74, 6) is 0.373. The lowest BCUT2D eigenvalue weighted by molar-refractivity contribution is 0.100. The van der Waals surface area contributed by atoms with E-state index in [1.54, 1.807) is 6.07 Å². The molecule has 0 aliphatic heterocycles. The molecule has 1 amide bonds. The van der Waals surface area contributed by atoms with Crippen molar-refractivity contribution in [2.75, 3.05) is 24.3 Å². The highest BCUT2D eigenvalue weighted by molar-refractivity contribution is 5.98. The lowest BCUT2D eigenvalue weighted by Crippen LogP contribution is -2.31. The molecule has 5 N–H and O–H groups in total. The van der Waals surface area contributed by atoms with Gasteiger partial charge in [-0.1, -0.05) is 13.8 Å². The summed E-state index contributed by atoms with van der Waals surface area (Å²) in [4.78, 5) is 15.4. The van der Waals surface area contributed by atoms with Crippen molar-refractivity contribution in [1.29, 1.82) is 0 Å². The Morgan fingerprint density at radius 3 is 2.74 bits per heavy atom. The molecule has 19 heavy (non-hydrogen) atoms. The maximum atomic E-state index is 11.2. The van der Waals surface area contributed by atoms with Crippen molar-refractivity contribution in [2.24, 2.45) is 11.7 Å². The summed E-state index contributed by atoms with van der Waals surface area (Å²) in [6.45, 7) is 7.36. The van der Waals surface area contributed by atoms with E-state index in [9.17, 15) is 4.79 Å². The van der Waals surface area contributed by atoms with Crippen LogP contribution in [0, 0.1) is 5.92 Å². The predicted molar refractivity (Wildman–Crippen MR) is 75.9 cm³/mol. The van der Waals surface area contributed by atoms with Crippen molar-refractivity contribution < 1.29 is 9.53 Å². The van der Waals surface area contributed by atoms with Crippen molar-refractivity contribution in [3.05, 3.63) is 17.8 Å². The first-order valence-corrected chi connectivity index (χ1v) is 6.35. The Balaban J connectivity index is 2.84. The van der Waals surface area contributed by atoms with Gasteiger partial charge in [0.05, 0.1) is 30.1 Å². The maximum Gasteiger partial charge on any atom is 0.250 e. The average Bonchev–Trinajstić information content (AvgIpc) is 2.35. The van der Waals surface area contributed by atoms with E-state index in [1.165, 1.54) is 6.20 Å². The van der Waals surface area contributed by atoms with Crippen molar-refractivity contribution in [1.82, 2.24) is 4.98 Å². The van der Waals surface area contributed by atoms with E-state index in [4.69, 9.17) is 16.2 Å². The fraction of sp³-hybridized carbons (Fsp3) is 0.538. The normalized spacial score (nSPS) is 12.4. The number of nitrogens with one attached hydrogen (secondary N) is 1. The Kier molecular flexibility index (Phi) is 5.57. The van der Waals surface area contributed by atoms with Gasteiger partial charge in [0.15, 0.2) is 0 Å². The van der Waals surface area contributed by atoms with Crippen LogP contribution in [0.25, 0.3) is 0 Å². The van der Waals surface area contributed by atoms with Crippen LogP contribution in [0.4, 0.5) is 11.5 Å². The van der Waals surface area contributed by atoms with Gasteiger partial charge in [0.1, 0.15) is 5.82 Å². The summed E-state index contributed by atoms with van der Waals surface area (Å²) in [6, 6.07) is 1.68. The fourth-order valence-electron chi connectivity index (χ4n) is 1.59. The summed E-state index contributed by atoms with van der Waals surface area (Å²) < 4.78 is 5.42. The molecule has 1 aromatic rings. The Bertz CT molecular complexity index is 435. The first-order chi connectivity index (χ1) is 8.95. The topological polar surface area (TPSA) is 103 Å². The maximum absolute atomic E-state index is 11.2. The second-order valence-corrected chi connectivity index (χ2v) is 4.68. The molecule has 6 heteroatoms. The number of hydrogen-bond acceptors (Lipinski definition) is 5. The van der Waals surface area contributed by atoms with E-state index in [1.807, 2.05) is 6.92 Å². The van der Waals surface area contributed by atoms with Crippen LogP contribution in [0.5, 0.6) is 0 Å². The molecule has 0 aliphatic rings. The quantitative estimate of drug-likeness (QED) is 0.689. The zero-order valence-electron chi connectivity index (χ0n) is 11.6. The van der Waals surface area contributed by atoms with E-state index < -0.39 is 5.91 Å². The Morgan fingerprint density at radius 2 is 2.21 bits per heavy atom. The highest BCUT2D eigenvalue weighted by Gasteiger charge is 2.15. The molecular weight excluding hydrogens is 244 g/mol. The second kappa shape index (κ2) is 6.94. The van der Waals surface area contributed by atoms with Crippen LogP contribution in [-0.4, -0.2) is 30.1 Å². The van der Waals surface area contributed by atoms with E-state index >= 15 is 0 Å². The molecule has 1 unspecified atom stereocenters. The summed E-state index contributed by atoms with van der Waals surface area (Å²) in [6.07, 6.45) is 1.43. The van der Waals surface area contributed by atoms with Crippen LogP contribution in [0.2, 0.25) is 0 Å². The number of aromatic nitrogens is 1. The van der Waals surface area contributed by atoms with Crippen LogP contribution in [0.1, 0.15) is 31.1 Å². The SMILES string of the molecule is CCOCC(Nc1cc(C(N)=O)c(N)cn1)C(C)C. The molecule has 1 rings (SSSR count). The van der Waals surface area contributed by atoms with Gasteiger partial charge in [-0.3, -0.25) is 4.79 Å². The number of pyridine rings is 1. The summed E-state index contributed by atoms with van der Waals surface area (Å²) >= 11 is 0. The number of primary amides is 1. The van der Waals surface area contributed by atoms with Crippen LogP contribution in [0.3, 0.4) is 0 Å². The number of amides is 1. The third-order valence-corrected chi connectivity index (χ3v) is 2.84. The number of hydrogen-bond donors (Lipinski definition) is 3. The van der Waals surface area contributed by atoms with Gasteiger partial charge in [-0.15, -0.1) is 0 Å². The van der Waals surface area contributed by atoms with E-state index in [0.29, 0.717) is 24.9 Å². The molecule has 0 radical (unpaired) electrons. The molecule has 0 spiro atoms. The number of ether oxygens (including phenoxy) is 1. The Morgan fingerprint density at radius 1 is 1.53 bits per heavy atom. The number of nitrogens with zero attached hydrogens (tertiary/aromatic N) is 1. The zero-order chi connectivity index (χ0) is 14.4. The molecule has 1 heterocycles. The molecule has 0 fully saturated rings. The number of carbonyl (C=O) groups is 1. The monoisotopic (exact) mass is 266 g/mol. The third kappa shape index (κ3) is 4.40. The Hall–Kier alpha value is -1.82. The van der Waals surface area contributed by atoms with Gasteiger partial charge >= 0.3 is 0 Å². The average molecular weight is 266 g/mol. The van der Waals surface area contributed by atoms with Gasteiger partial charge in [0.25, 0.3) is 5.91 Å². The van der Waals surface area contributed by atoms with Gasteiger partial charge in [-0.05, 0) is 18.9 Å². The van der Waals surface area contributed by atoms with Crippen LogP contribution < -0.4 is 16.8 Å². The second-order valence-electron chi connectivity index (χ2n) is 4.68. The van der Waals surface area contributed by atoms with Crippen molar-refractivity contribution in [2.45, 2.75) is 26.8 Å². The minimum Gasteiger partial charge on any atom is -0.397 e. The first kappa shape index (κ1) is 15.2. The molecule has 106 valence electrons. The lowest BCUT2D eigenvalue weighted by atomic mass is 10.1. The molecule has 6 nitrogen and oxygen atoms in total. The van der Waals surface area contributed by atoms with E-state index in [2.05, 4.69) is 24.1 Å². The number of anilines is 2. The Labute approximate surface area is 113 Å². The van der Waals surface area contributed by atoms with Crippen LogP contribution in [-0.2, 0) is 4.74 Å². The fourth-order valence-corrected chi connectivity index (χ4v) is 1.59. The van der Waals surface area contributed by atoms with Crippen molar-refractivity contribution in [3.63, 3.8) is 0 Å². The molecule has 1 atom stereocenters. The minimum absolute atomic E-state index is 0.108. The standard InChI is InChI=1S/C13H22N4O2/c1-4-19-7-11(8(2)3)17-12-5-9(13(15)18)10(14)6-16-12/h5-6,8,11H,4,7,14H2,1-3H3,(H2,15,18)(H,16,17). The third-order valence-electron chi connectivity index (χ3n) is 2.84. The molecule has 1 aromatic heterocycles. The number of nitrogen functional groups attached to an aromatic ring is 1. The molecular formula is C13H22N4O2. The molecule has 0 saturated carbocycles. The largest absolute Gasteiger partial charge is 0.397 e. The zero-order valence-corrected chi connectivity index (χ0v) is 11.6. The molecule has 0 saturated heterocycles. The smallest absolute Gasteiger partial charge is 0.250 e. The lowest BCUT2D eigenvalue weighted by Gasteiger charge is -2.23. The summed E-state index contributed by atoms with van der Waals surface area (Å²) in [5, 5.41) is 3.24. The van der Waals surface area contributed by atoms with Gasteiger partial charge in [-0.2, -0.15) is 0 Å². The molecule has 0 bridgehead atoms. The number of nitrogens with two attached hydrogens (primary N) is 2. The minimum atomic E-state index is -0.561. The van der Waals surface area contributed by atoms with Gasteiger partial charge in [0, 0.05) is 6.61 Å². The van der Waals surface area contributed by atoms with Crippen molar-refractivity contribution >= 4 is 17.4 Å². The van der Waals surface area contributed by atoms with Gasteiger partial charge in [-0.25, -0.2) is 4.98 Å². The number of rotatable bonds is 7. The van der Waals surface area contributed by atoms with Crippen LogP contribution >= 0.6 is 0 Å². The number of carbonyl (C=O) groups excluding carboxylic acids is 1. The van der Waals surface area contributed by atoms with Crippen molar-refractivity contribution in [3.8, 4) is 0 Å². The highest BCUT2D eigenvalue weighted by atomic mass is 16.5. The van der Waals surface area contributed by atoms with Gasteiger partial charge in [0.2, 0.25) is 0 Å². The summed E-state index contributed by atoms with van der Waals surface area (Å²) in [5.41, 5.74) is 11.5. The highest BCUT2D eigenvalue weighted by Crippen LogP contribution is 2.16. The predicted octanol–water partition coefficient (Wildman–Crippen LogP) is 1.24. The first-order valence-electron chi connectivity index (χ1n) is 6.35. The van der Waals surface area contributed by atoms with Crippen LogP contribution in [0.15, 0.2) is 12.3 Å². The molecule has 0 aliphatic carbocycles. The van der Waals surface area contributed by atoms with Gasteiger partial charge < -0.3 is 21.5 Å². The van der Waals surface area contributed by atoms with E-state index in [-0.39, 0.29) is 17.3 Å². The summed E-state index contributed by atoms with van der Waals surface area (Å²) in [7, 11) is 0. The molecule has 0 aromatic carbocycles.